The Hall–Kier alpha value is -1.04. The van der Waals surface area contributed by atoms with Gasteiger partial charge in [0.15, 0.2) is 0 Å². The Morgan fingerprint density at radius 2 is 1.41 bits per heavy atom. The van der Waals surface area contributed by atoms with E-state index >= 15 is 0 Å². The summed E-state index contributed by atoms with van der Waals surface area (Å²) >= 11 is 0. The zero-order valence-corrected chi connectivity index (χ0v) is 11.1. The molecule has 1 aliphatic rings. The van der Waals surface area contributed by atoms with E-state index in [-0.39, 0.29) is 0 Å². The molecule has 1 radical (unpaired) electrons. The van der Waals surface area contributed by atoms with E-state index in [4.69, 9.17) is 0 Å². The number of benzene rings is 1. The second-order valence-electron chi connectivity index (χ2n) is 4.94. The summed E-state index contributed by atoms with van der Waals surface area (Å²) < 4.78 is 0. The third kappa shape index (κ3) is 2.80. The lowest BCUT2D eigenvalue weighted by Gasteiger charge is -2.12. The van der Waals surface area contributed by atoms with Crippen molar-refractivity contribution in [2.45, 2.75) is 52.4 Å². The highest BCUT2D eigenvalue weighted by Crippen LogP contribution is 2.30. The summed E-state index contributed by atoms with van der Waals surface area (Å²) in [6, 6.07) is 4.70. The first-order chi connectivity index (χ1) is 8.36. The van der Waals surface area contributed by atoms with E-state index in [0.29, 0.717) is 0 Å². The molecular weight excluding hydrogens is 204 g/mol. The molecule has 0 heterocycles. The number of rotatable bonds is 6. The quantitative estimate of drug-likeness (QED) is 0.645. The Morgan fingerprint density at radius 3 is 2.00 bits per heavy atom. The molecule has 0 spiro atoms. The Kier molecular flexibility index (Phi) is 4.42. The lowest BCUT2D eigenvalue weighted by Crippen LogP contribution is -1.98. The first kappa shape index (κ1) is 12.4. The Bertz CT molecular complexity index is 399. The SMILES string of the molecule is CCCCc1ccc(CCCC)c2c1[CH]C=C2. The standard InChI is InChI=1S/C17H23/c1-3-5-8-14-12-13-15(9-6-4-2)17-11-7-10-16(14)17/h7,10-13H,3-6,8-9H2,1-2H3. The monoisotopic (exact) mass is 227 g/mol. The molecule has 0 heteroatoms. The highest BCUT2D eigenvalue weighted by molar-refractivity contribution is 5.70. The molecule has 1 aromatic rings. The molecule has 1 aliphatic carbocycles. The molecule has 1 aromatic carbocycles. The molecule has 0 aromatic heterocycles. The van der Waals surface area contributed by atoms with Crippen molar-refractivity contribution in [1.82, 2.24) is 0 Å². The van der Waals surface area contributed by atoms with Crippen LogP contribution < -0.4 is 0 Å². The molecule has 91 valence electrons. The van der Waals surface area contributed by atoms with Gasteiger partial charge >= 0.3 is 0 Å². The predicted molar refractivity (Wildman–Crippen MR) is 76.1 cm³/mol. The molecule has 17 heavy (non-hydrogen) atoms. The molecule has 0 aliphatic heterocycles. The molecule has 0 amide bonds. The van der Waals surface area contributed by atoms with E-state index in [9.17, 15) is 0 Å². The topological polar surface area (TPSA) is 0 Å². The first-order valence-corrected chi connectivity index (χ1v) is 7.03. The maximum Gasteiger partial charge on any atom is 0.0134 e. The fourth-order valence-electron chi connectivity index (χ4n) is 2.53. The van der Waals surface area contributed by atoms with Gasteiger partial charge in [-0.25, -0.2) is 0 Å². The smallest absolute Gasteiger partial charge is 0.0134 e. The fourth-order valence-corrected chi connectivity index (χ4v) is 2.53. The van der Waals surface area contributed by atoms with Crippen LogP contribution >= 0.6 is 0 Å². The van der Waals surface area contributed by atoms with Crippen molar-refractivity contribution in [3.05, 3.63) is 46.9 Å². The van der Waals surface area contributed by atoms with Gasteiger partial charge < -0.3 is 0 Å². The van der Waals surface area contributed by atoms with Gasteiger partial charge in [-0.05, 0) is 47.9 Å². The second-order valence-corrected chi connectivity index (χ2v) is 4.94. The number of unbranched alkanes of at least 4 members (excludes halogenated alkanes) is 2. The van der Waals surface area contributed by atoms with Crippen molar-refractivity contribution in [2.75, 3.05) is 0 Å². The number of allylic oxidation sites excluding steroid dienone is 1. The lowest BCUT2D eigenvalue weighted by atomic mass is 9.93. The van der Waals surface area contributed by atoms with Gasteiger partial charge in [0.25, 0.3) is 0 Å². The molecule has 0 N–H and O–H groups in total. The third-order valence-corrected chi connectivity index (χ3v) is 3.59. The number of hydrogen-bond donors (Lipinski definition) is 0. The van der Waals surface area contributed by atoms with Crippen molar-refractivity contribution in [2.24, 2.45) is 0 Å². The average Bonchev–Trinajstić information content (AvgIpc) is 2.83. The second kappa shape index (κ2) is 6.05. The number of aryl methyl sites for hydroxylation is 2. The highest BCUT2D eigenvalue weighted by Gasteiger charge is 2.13. The van der Waals surface area contributed by atoms with Crippen LogP contribution in [0.15, 0.2) is 18.2 Å². The van der Waals surface area contributed by atoms with Crippen molar-refractivity contribution < 1.29 is 0 Å². The zero-order valence-electron chi connectivity index (χ0n) is 11.1. The summed E-state index contributed by atoms with van der Waals surface area (Å²) in [6.45, 7) is 4.52. The van der Waals surface area contributed by atoms with Crippen molar-refractivity contribution >= 4 is 6.08 Å². The van der Waals surface area contributed by atoms with Crippen molar-refractivity contribution in [3.8, 4) is 0 Å². The van der Waals surface area contributed by atoms with Crippen molar-refractivity contribution in [3.63, 3.8) is 0 Å². The molecule has 0 saturated heterocycles. The van der Waals surface area contributed by atoms with E-state index < -0.39 is 0 Å². The van der Waals surface area contributed by atoms with Crippen LogP contribution in [0, 0.1) is 6.42 Å². The molecule has 2 rings (SSSR count). The van der Waals surface area contributed by atoms with Gasteiger partial charge in [0, 0.05) is 6.42 Å². The van der Waals surface area contributed by atoms with E-state index in [1.165, 1.54) is 60.8 Å². The summed E-state index contributed by atoms with van der Waals surface area (Å²) in [5.41, 5.74) is 6.05. The Labute approximate surface area is 106 Å². The summed E-state index contributed by atoms with van der Waals surface area (Å²) in [5.74, 6) is 0. The Balaban J connectivity index is 2.21. The van der Waals surface area contributed by atoms with Gasteiger partial charge in [0.05, 0.1) is 0 Å². The van der Waals surface area contributed by atoms with Gasteiger partial charge in [-0.2, -0.15) is 0 Å². The normalized spacial score (nSPS) is 13.1. The lowest BCUT2D eigenvalue weighted by molar-refractivity contribution is 0.783. The maximum absolute atomic E-state index is 2.35. The molecule has 0 bridgehead atoms. The van der Waals surface area contributed by atoms with E-state index in [1.807, 2.05) is 0 Å². The predicted octanol–water partition coefficient (Wildman–Crippen LogP) is 4.95. The van der Waals surface area contributed by atoms with Crippen LogP contribution in [0.3, 0.4) is 0 Å². The average molecular weight is 227 g/mol. The summed E-state index contributed by atoms with van der Waals surface area (Å²) in [7, 11) is 0. The van der Waals surface area contributed by atoms with Gasteiger partial charge in [0.1, 0.15) is 0 Å². The number of hydrogen-bond acceptors (Lipinski definition) is 0. The van der Waals surface area contributed by atoms with Gasteiger partial charge in [-0.15, -0.1) is 0 Å². The minimum atomic E-state index is 1.23. The van der Waals surface area contributed by atoms with E-state index in [0.717, 1.165) is 0 Å². The fraction of sp³-hybridized carbons (Fsp3) is 0.471. The molecular formula is C17H23. The number of fused-ring (bicyclic) bond motifs is 1. The largest absolute Gasteiger partial charge is 0.0754 e. The minimum absolute atomic E-state index is 1.23. The summed E-state index contributed by atoms with van der Waals surface area (Å²) in [4.78, 5) is 0. The zero-order chi connectivity index (χ0) is 12.1. The van der Waals surface area contributed by atoms with Gasteiger partial charge in [-0.1, -0.05) is 51.0 Å². The van der Waals surface area contributed by atoms with Crippen LogP contribution in [0.1, 0.15) is 61.8 Å². The molecule has 0 saturated carbocycles. The highest BCUT2D eigenvalue weighted by atomic mass is 14.2. The van der Waals surface area contributed by atoms with E-state index in [1.54, 1.807) is 0 Å². The minimum Gasteiger partial charge on any atom is -0.0754 e. The van der Waals surface area contributed by atoms with Crippen LogP contribution in [0.4, 0.5) is 0 Å². The molecule has 0 fully saturated rings. The van der Waals surface area contributed by atoms with Gasteiger partial charge in [0.2, 0.25) is 0 Å². The van der Waals surface area contributed by atoms with Crippen LogP contribution in [0.2, 0.25) is 0 Å². The summed E-state index contributed by atoms with van der Waals surface area (Å²) in [5, 5.41) is 0. The molecule has 0 unspecified atom stereocenters. The first-order valence-electron chi connectivity index (χ1n) is 7.03. The van der Waals surface area contributed by atoms with Crippen LogP contribution in [0.5, 0.6) is 0 Å². The van der Waals surface area contributed by atoms with Crippen LogP contribution in [0.25, 0.3) is 6.08 Å². The molecule has 0 atom stereocenters. The maximum atomic E-state index is 2.35. The van der Waals surface area contributed by atoms with Crippen LogP contribution in [-0.4, -0.2) is 0 Å². The van der Waals surface area contributed by atoms with Crippen molar-refractivity contribution in [1.29, 1.82) is 0 Å². The third-order valence-electron chi connectivity index (χ3n) is 3.59. The van der Waals surface area contributed by atoms with E-state index in [2.05, 4.69) is 44.6 Å². The van der Waals surface area contributed by atoms with Crippen LogP contribution in [-0.2, 0) is 12.8 Å². The molecule has 0 nitrogen and oxygen atoms in total. The Morgan fingerprint density at radius 1 is 0.824 bits per heavy atom. The summed E-state index contributed by atoms with van der Waals surface area (Å²) in [6.07, 6.45) is 14.4. The van der Waals surface area contributed by atoms with Gasteiger partial charge in [-0.3, -0.25) is 0 Å².